The van der Waals surface area contributed by atoms with Crippen molar-refractivity contribution in [2.45, 2.75) is 25.8 Å². The zero-order valence-corrected chi connectivity index (χ0v) is 9.80. The zero-order chi connectivity index (χ0) is 13.0. The van der Waals surface area contributed by atoms with E-state index in [9.17, 15) is 9.59 Å². The van der Waals surface area contributed by atoms with Crippen LogP contribution in [-0.4, -0.2) is 46.5 Å². The van der Waals surface area contributed by atoms with E-state index in [-0.39, 0.29) is 19.1 Å². The fourth-order valence-electron chi connectivity index (χ4n) is 2.31. The summed E-state index contributed by atoms with van der Waals surface area (Å²) in [6.07, 6.45) is 1.03. The van der Waals surface area contributed by atoms with Gasteiger partial charge in [-0.25, -0.2) is 0 Å². The number of carboxylic acids is 1. The predicted molar refractivity (Wildman–Crippen MR) is 59.1 cm³/mol. The van der Waals surface area contributed by atoms with E-state index in [2.05, 4.69) is 5.32 Å². The normalized spacial score (nSPS) is 28.4. The fraction of sp³-hybridized carbons (Fsp3) is 0.818. The summed E-state index contributed by atoms with van der Waals surface area (Å²) >= 11 is 0. The average Bonchev–Trinajstić information content (AvgIpc) is 2.68. The lowest BCUT2D eigenvalue weighted by molar-refractivity contribution is -0.146. The Bertz CT molecular complexity index is 290. The van der Waals surface area contributed by atoms with Gasteiger partial charge in [-0.05, 0) is 18.8 Å². The third-order valence-corrected chi connectivity index (χ3v) is 3.24. The molecule has 4 N–H and O–H groups in total. The van der Waals surface area contributed by atoms with Gasteiger partial charge in [0.1, 0.15) is 0 Å². The molecule has 0 aromatic carbocycles. The first-order chi connectivity index (χ1) is 7.99. The van der Waals surface area contributed by atoms with E-state index in [4.69, 9.17) is 15.3 Å². The summed E-state index contributed by atoms with van der Waals surface area (Å²) < 4.78 is 0. The molecule has 3 unspecified atom stereocenters. The Balaban J connectivity index is 2.64. The van der Waals surface area contributed by atoms with Crippen LogP contribution >= 0.6 is 0 Å². The molecule has 0 bridgehead atoms. The molecule has 0 aromatic heterocycles. The molecule has 1 aliphatic carbocycles. The first-order valence-corrected chi connectivity index (χ1v) is 5.74. The standard InChI is InChI=1S/C11H19NO5/c1-6-2-8(9(3-6)11(16)17)10(15)12-7(4-13)5-14/h6-9,13-14H,2-5H2,1H3,(H,12,15)(H,16,17). The molecule has 3 atom stereocenters. The number of hydrogen-bond acceptors (Lipinski definition) is 4. The van der Waals surface area contributed by atoms with Crippen LogP contribution in [-0.2, 0) is 9.59 Å². The molecule has 17 heavy (non-hydrogen) atoms. The van der Waals surface area contributed by atoms with E-state index in [0.717, 1.165) is 0 Å². The molecule has 1 rings (SSSR count). The molecule has 6 nitrogen and oxygen atoms in total. The van der Waals surface area contributed by atoms with E-state index < -0.39 is 29.8 Å². The number of aliphatic hydroxyl groups is 2. The van der Waals surface area contributed by atoms with Gasteiger partial charge in [-0.2, -0.15) is 0 Å². The van der Waals surface area contributed by atoms with Crippen LogP contribution in [0.1, 0.15) is 19.8 Å². The molecule has 1 amide bonds. The molecule has 0 aliphatic heterocycles. The summed E-state index contributed by atoms with van der Waals surface area (Å²) in [4.78, 5) is 22.8. The van der Waals surface area contributed by atoms with E-state index in [0.29, 0.717) is 12.8 Å². The quantitative estimate of drug-likeness (QED) is 0.507. The maximum atomic E-state index is 11.8. The average molecular weight is 245 g/mol. The van der Waals surface area contributed by atoms with Gasteiger partial charge in [0.05, 0.1) is 31.1 Å². The molecule has 0 aromatic rings. The molecule has 0 saturated heterocycles. The number of nitrogens with one attached hydrogen (secondary N) is 1. The van der Waals surface area contributed by atoms with Crippen LogP contribution in [0.15, 0.2) is 0 Å². The smallest absolute Gasteiger partial charge is 0.307 e. The topological polar surface area (TPSA) is 107 Å². The van der Waals surface area contributed by atoms with Crippen LogP contribution in [0.2, 0.25) is 0 Å². The van der Waals surface area contributed by atoms with E-state index in [1.807, 2.05) is 6.92 Å². The second-order valence-electron chi connectivity index (χ2n) is 4.70. The minimum Gasteiger partial charge on any atom is -0.481 e. The maximum Gasteiger partial charge on any atom is 0.307 e. The monoisotopic (exact) mass is 245 g/mol. The van der Waals surface area contributed by atoms with Crippen LogP contribution in [0.5, 0.6) is 0 Å². The van der Waals surface area contributed by atoms with Crippen LogP contribution in [0.25, 0.3) is 0 Å². The van der Waals surface area contributed by atoms with Crippen molar-refractivity contribution < 1.29 is 24.9 Å². The summed E-state index contributed by atoms with van der Waals surface area (Å²) in [5.74, 6) is -2.38. The van der Waals surface area contributed by atoms with Crippen molar-refractivity contribution in [3.63, 3.8) is 0 Å². The summed E-state index contributed by atoms with van der Waals surface area (Å²) in [5.41, 5.74) is 0. The van der Waals surface area contributed by atoms with Crippen LogP contribution < -0.4 is 5.32 Å². The zero-order valence-electron chi connectivity index (χ0n) is 9.80. The Morgan fingerprint density at radius 1 is 1.24 bits per heavy atom. The lowest BCUT2D eigenvalue weighted by Gasteiger charge is -2.19. The van der Waals surface area contributed by atoms with E-state index >= 15 is 0 Å². The van der Waals surface area contributed by atoms with E-state index in [1.165, 1.54) is 0 Å². The molecule has 1 fully saturated rings. The number of carbonyl (C=O) groups is 2. The first kappa shape index (κ1) is 13.9. The molecular weight excluding hydrogens is 226 g/mol. The summed E-state index contributed by atoms with van der Waals surface area (Å²) in [6.45, 7) is 1.20. The van der Waals surface area contributed by atoms with Crippen molar-refractivity contribution in [3.8, 4) is 0 Å². The van der Waals surface area contributed by atoms with Gasteiger partial charge in [0.25, 0.3) is 0 Å². The van der Waals surface area contributed by atoms with Crippen molar-refractivity contribution in [1.29, 1.82) is 0 Å². The lowest BCUT2D eigenvalue weighted by Crippen LogP contribution is -2.44. The third kappa shape index (κ3) is 3.41. The van der Waals surface area contributed by atoms with Crippen molar-refractivity contribution in [2.24, 2.45) is 17.8 Å². The number of aliphatic carboxylic acids is 1. The highest BCUT2D eigenvalue weighted by molar-refractivity contribution is 5.85. The third-order valence-electron chi connectivity index (χ3n) is 3.24. The van der Waals surface area contributed by atoms with Gasteiger partial charge in [0.2, 0.25) is 5.91 Å². The molecule has 1 saturated carbocycles. The second kappa shape index (κ2) is 5.97. The van der Waals surface area contributed by atoms with Gasteiger partial charge in [0, 0.05) is 0 Å². The van der Waals surface area contributed by atoms with Crippen molar-refractivity contribution >= 4 is 11.9 Å². The molecule has 0 radical (unpaired) electrons. The van der Waals surface area contributed by atoms with Crippen LogP contribution in [0.4, 0.5) is 0 Å². The molecule has 6 heteroatoms. The Morgan fingerprint density at radius 3 is 2.24 bits per heavy atom. The summed E-state index contributed by atoms with van der Waals surface area (Å²) in [5, 5.41) is 29.2. The van der Waals surface area contributed by atoms with Gasteiger partial charge < -0.3 is 20.6 Å². The number of carboxylic acid groups (broad SMARTS) is 1. The van der Waals surface area contributed by atoms with Crippen molar-refractivity contribution in [2.75, 3.05) is 13.2 Å². The van der Waals surface area contributed by atoms with Crippen molar-refractivity contribution in [1.82, 2.24) is 5.32 Å². The highest BCUT2D eigenvalue weighted by Gasteiger charge is 2.41. The number of aliphatic hydroxyl groups excluding tert-OH is 2. The predicted octanol–water partition coefficient (Wildman–Crippen LogP) is -0.797. The van der Waals surface area contributed by atoms with Gasteiger partial charge in [-0.15, -0.1) is 0 Å². The number of amides is 1. The van der Waals surface area contributed by atoms with Crippen LogP contribution in [0.3, 0.4) is 0 Å². The van der Waals surface area contributed by atoms with Crippen molar-refractivity contribution in [3.05, 3.63) is 0 Å². The lowest BCUT2D eigenvalue weighted by atomic mass is 9.95. The summed E-state index contributed by atoms with van der Waals surface area (Å²) in [7, 11) is 0. The Labute approximate surface area is 99.6 Å². The van der Waals surface area contributed by atoms with Gasteiger partial charge >= 0.3 is 5.97 Å². The first-order valence-electron chi connectivity index (χ1n) is 5.74. The highest BCUT2D eigenvalue weighted by Crippen LogP contribution is 2.36. The Kier molecular flexibility index (Phi) is 4.89. The van der Waals surface area contributed by atoms with Gasteiger partial charge in [0.15, 0.2) is 0 Å². The SMILES string of the molecule is CC1CC(C(=O)O)C(C(=O)NC(CO)CO)C1. The molecular formula is C11H19NO5. The minimum absolute atomic E-state index is 0.202. The fourth-order valence-corrected chi connectivity index (χ4v) is 2.31. The number of hydrogen-bond donors (Lipinski definition) is 4. The summed E-state index contributed by atoms with van der Waals surface area (Å²) in [6, 6.07) is -0.715. The molecule has 0 spiro atoms. The number of rotatable bonds is 5. The second-order valence-corrected chi connectivity index (χ2v) is 4.70. The van der Waals surface area contributed by atoms with Crippen LogP contribution in [0, 0.1) is 17.8 Å². The largest absolute Gasteiger partial charge is 0.481 e. The molecule has 1 aliphatic rings. The highest BCUT2D eigenvalue weighted by atomic mass is 16.4. The molecule has 98 valence electrons. The van der Waals surface area contributed by atoms with Gasteiger partial charge in [-0.1, -0.05) is 6.92 Å². The maximum absolute atomic E-state index is 11.8. The van der Waals surface area contributed by atoms with Gasteiger partial charge in [-0.3, -0.25) is 9.59 Å². The minimum atomic E-state index is -0.959. The number of carbonyl (C=O) groups excluding carboxylic acids is 1. The Morgan fingerprint density at radius 2 is 1.76 bits per heavy atom. The van der Waals surface area contributed by atoms with E-state index in [1.54, 1.807) is 0 Å². The Hall–Kier alpha value is -1.14. The molecule has 0 heterocycles.